The molecule has 0 saturated carbocycles. The van der Waals surface area contributed by atoms with Crippen LogP contribution in [0, 0.1) is 5.92 Å². The Bertz CT molecular complexity index is 437. The number of ether oxygens (including phenoxy) is 1. The lowest BCUT2D eigenvalue weighted by Crippen LogP contribution is -2.30. The number of carbonyl (C=O) groups is 2. The average molecular weight is 232 g/mol. The summed E-state index contributed by atoms with van der Waals surface area (Å²) in [4.78, 5) is 23.2. The Kier molecular flexibility index (Phi) is 3.57. The molecule has 3 nitrogen and oxygen atoms in total. The van der Waals surface area contributed by atoms with Gasteiger partial charge in [0, 0.05) is 5.92 Å². The summed E-state index contributed by atoms with van der Waals surface area (Å²) >= 11 is 0. The van der Waals surface area contributed by atoms with E-state index in [2.05, 4.69) is 6.07 Å². The van der Waals surface area contributed by atoms with Crippen LogP contribution in [0.25, 0.3) is 0 Å². The first-order valence-corrected chi connectivity index (χ1v) is 6.00. The third-order valence-electron chi connectivity index (χ3n) is 3.19. The van der Waals surface area contributed by atoms with E-state index < -0.39 is 5.97 Å². The zero-order chi connectivity index (χ0) is 12.3. The van der Waals surface area contributed by atoms with Crippen molar-refractivity contribution < 1.29 is 14.3 Å². The molecule has 0 saturated heterocycles. The molecule has 1 aliphatic rings. The number of benzene rings is 1. The number of esters is 1. The highest BCUT2D eigenvalue weighted by Gasteiger charge is 2.29. The highest BCUT2D eigenvalue weighted by molar-refractivity contribution is 6.34. The first-order chi connectivity index (χ1) is 8.22. The minimum atomic E-state index is -0.683. The molecular weight excluding hydrogens is 216 g/mol. The Hall–Kier alpha value is -1.64. The van der Waals surface area contributed by atoms with Crippen LogP contribution in [0.4, 0.5) is 0 Å². The fourth-order valence-electron chi connectivity index (χ4n) is 2.29. The molecule has 0 radical (unpaired) electrons. The van der Waals surface area contributed by atoms with Gasteiger partial charge in [-0.3, -0.25) is 4.79 Å². The molecule has 0 aliphatic heterocycles. The van der Waals surface area contributed by atoms with Crippen LogP contribution >= 0.6 is 0 Å². The van der Waals surface area contributed by atoms with Crippen molar-refractivity contribution in [2.45, 2.75) is 26.2 Å². The van der Waals surface area contributed by atoms with Gasteiger partial charge in [0.05, 0.1) is 6.61 Å². The summed E-state index contributed by atoms with van der Waals surface area (Å²) < 4.78 is 4.76. The molecule has 0 aromatic heterocycles. The maximum absolute atomic E-state index is 11.8. The van der Waals surface area contributed by atoms with Gasteiger partial charge in [0.15, 0.2) is 0 Å². The number of Topliss-reactive ketones (excluding diaryl/α,β-unsaturated/α-hetero) is 1. The quantitative estimate of drug-likeness (QED) is 0.590. The standard InChI is InChI=1S/C14H16O3/c1-2-17-14(16)13(15)12-8-7-10-5-3-4-6-11(10)9-12/h3-6,12H,2,7-9H2,1H3. The molecule has 90 valence electrons. The molecule has 1 aromatic carbocycles. The van der Waals surface area contributed by atoms with Crippen LogP contribution in [0.3, 0.4) is 0 Å². The molecule has 3 heteroatoms. The van der Waals surface area contributed by atoms with Crippen LogP contribution in [-0.4, -0.2) is 18.4 Å². The summed E-state index contributed by atoms with van der Waals surface area (Å²) in [7, 11) is 0. The first kappa shape index (κ1) is 11.8. The Morgan fingerprint density at radius 3 is 2.71 bits per heavy atom. The highest BCUT2D eigenvalue weighted by atomic mass is 16.5. The van der Waals surface area contributed by atoms with Crippen LogP contribution in [0.15, 0.2) is 24.3 Å². The van der Waals surface area contributed by atoms with E-state index in [0.717, 1.165) is 12.8 Å². The number of fused-ring (bicyclic) bond motifs is 1. The smallest absolute Gasteiger partial charge is 0.374 e. The molecule has 17 heavy (non-hydrogen) atoms. The highest BCUT2D eigenvalue weighted by Crippen LogP contribution is 2.26. The van der Waals surface area contributed by atoms with Crippen molar-refractivity contribution in [3.8, 4) is 0 Å². The number of hydrogen-bond acceptors (Lipinski definition) is 3. The van der Waals surface area contributed by atoms with Crippen molar-refractivity contribution in [3.05, 3.63) is 35.4 Å². The Morgan fingerprint density at radius 2 is 2.00 bits per heavy atom. The lowest BCUT2D eigenvalue weighted by molar-refractivity contribution is -0.155. The SMILES string of the molecule is CCOC(=O)C(=O)C1CCc2ccccc2C1. The van der Waals surface area contributed by atoms with Crippen molar-refractivity contribution in [1.29, 1.82) is 0 Å². The number of carbonyl (C=O) groups excluding carboxylic acids is 2. The Labute approximate surface area is 101 Å². The van der Waals surface area contributed by atoms with Gasteiger partial charge in [0.2, 0.25) is 5.78 Å². The van der Waals surface area contributed by atoms with E-state index >= 15 is 0 Å². The summed E-state index contributed by atoms with van der Waals surface area (Å²) in [5.41, 5.74) is 2.47. The van der Waals surface area contributed by atoms with Gasteiger partial charge >= 0.3 is 5.97 Å². The average Bonchev–Trinajstić information content (AvgIpc) is 2.37. The molecule has 0 heterocycles. The van der Waals surface area contributed by atoms with Gasteiger partial charge in [-0.1, -0.05) is 24.3 Å². The van der Waals surface area contributed by atoms with Gasteiger partial charge in [-0.2, -0.15) is 0 Å². The summed E-state index contributed by atoms with van der Waals surface area (Å²) in [5, 5.41) is 0. The molecule has 2 rings (SSSR count). The fourth-order valence-corrected chi connectivity index (χ4v) is 2.29. The second-order valence-electron chi connectivity index (χ2n) is 4.29. The van der Waals surface area contributed by atoms with Gasteiger partial charge in [-0.15, -0.1) is 0 Å². The molecular formula is C14H16O3. The monoisotopic (exact) mass is 232 g/mol. The summed E-state index contributed by atoms with van der Waals surface area (Å²) in [6.45, 7) is 1.97. The first-order valence-electron chi connectivity index (χ1n) is 6.00. The normalized spacial score (nSPS) is 18.3. The van der Waals surface area contributed by atoms with Crippen molar-refractivity contribution >= 4 is 11.8 Å². The molecule has 0 fully saturated rings. The minimum Gasteiger partial charge on any atom is -0.460 e. The molecule has 0 bridgehead atoms. The number of aryl methyl sites for hydroxylation is 1. The number of ketones is 1. The van der Waals surface area contributed by atoms with E-state index in [-0.39, 0.29) is 18.3 Å². The molecule has 0 N–H and O–H groups in total. The van der Waals surface area contributed by atoms with E-state index in [4.69, 9.17) is 4.74 Å². The van der Waals surface area contributed by atoms with Gasteiger partial charge in [0.1, 0.15) is 0 Å². The van der Waals surface area contributed by atoms with Crippen molar-refractivity contribution in [2.75, 3.05) is 6.61 Å². The van der Waals surface area contributed by atoms with E-state index in [0.29, 0.717) is 6.42 Å². The third kappa shape index (κ3) is 2.54. The zero-order valence-corrected chi connectivity index (χ0v) is 9.94. The maximum atomic E-state index is 11.8. The fraction of sp³-hybridized carbons (Fsp3) is 0.429. The van der Waals surface area contributed by atoms with Gasteiger partial charge in [-0.05, 0) is 37.3 Å². The van der Waals surface area contributed by atoms with Crippen LogP contribution in [0.2, 0.25) is 0 Å². The number of hydrogen-bond donors (Lipinski definition) is 0. The Morgan fingerprint density at radius 1 is 1.29 bits per heavy atom. The van der Waals surface area contributed by atoms with Gasteiger partial charge < -0.3 is 4.74 Å². The van der Waals surface area contributed by atoms with Crippen LogP contribution in [-0.2, 0) is 27.2 Å². The third-order valence-corrected chi connectivity index (χ3v) is 3.19. The second-order valence-corrected chi connectivity index (χ2v) is 4.29. The van der Waals surface area contributed by atoms with E-state index in [1.165, 1.54) is 11.1 Å². The molecule has 1 aromatic rings. The molecule has 1 aliphatic carbocycles. The second kappa shape index (κ2) is 5.13. The molecule has 1 unspecified atom stereocenters. The summed E-state index contributed by atoms with van der Waals surface area (Å²) in [6.07, 6.45) is 2.27. The lowest BCUT2D eigenvalue weighted by atomic mass is 9.82. The molecule has 0 spiro atoms. The number of rotatable bonds is 3. The Balaban J connectivity index is 2.07. The van der Waals surface area contributed by atoms with Crippen molar-refractivity contribution in [1.82, 2.24) is 0 Å². The van der Waals surface area contributed by atoms with E-state index in [1.54, 1.807) is 6.92 Å². The maximum Gasteiger partial charge on any atom is 0.374 e. The van der Waals surface area contributed by atoms with Gasteiger partial charge in [0.25, 0.3) is 0 Å². The predicted octanol–water partition coefficient (Wildman–Crippen LogP) is 1.92. The van der Waals surface area contributed by atoms with Crippen LogP contribution < -0.4 is 0 Å². The van der Waals surface area contributed by atoms with Crippen molar-refractivity contribution in [2.24, 2.45) is 5.92 Å². The van der Waals surface area contributed by atoms with E-state index in [9.17, 15) is 9.59 Å². The largest absolute Gasteiger partial charge is 0.460 e. The predicted molar refractivity (Wildman–Crippen MR) is 63.6 cm³/mol. The summed E-state index contributed by atoms with van der Waals surface area (Å²) in [6, 6.07) is 8.09. The van der Waals surface area contributed by atoms with Crippen LogP contribution in [0.1, 0.15) is 24.5 Å². The van der Waals surface area contributed by atoms with E-state index in [1.807, 2.05) is 18.2 Å². The topological polar surface area (TPSA) is 43.4 Å². The lowest BCUT2D eigenvalue weighted by Gasteiger charge is -2.22. The zero-order valence-electron chi connectivity index (χ0n) is 9.94. The molecule has 0 amide bonds. The van der Waals surface area contributed by atoms with Crippen molar-refractivity contribution in [3.63, 3.8) is 0 Å². The summed E-state index contributed by atoms with van der Waals surface area (Å²) in [5.74, 6) is -1.26. The minimum absolute atomic E-state index is 0.205. The van der Waals surface area contributed by atoms with Gasteiger partial charge in [-0.25, -0.2) is 4.79 Å². The molecule has 1 atom stereocenters. The van der Waals surface area contributed by atoms with Crippen LogP contribution in [0.5, 0.6) is 0 Å².